The standard InChI is InChI=1S/C31H28ClN5O8S/c1-21-6-15-28(17-29(21)37(40)41)46(42,43)36(25-9-13-26(44-2)14-10-25)19-30(38)35-33-18-22-7-11-27(12-8-22)45-20-31(39)34-24-5-3-4-23(32)16-24/h3-18H,19-20H2,1-2H3,(H,34,39)(H,35,38)/b33-18-. The summed E-state index contributed by atoms with van der Waals surface area (Å²) in [5, 5.41) is 18.5. The molecule has 4 aromatic carbocycles. The second-order valence-corrected chi connectivity index (χ2v) is 11.9. The number of halogens is 1. The van der Waals surface area contributed by atoms with Gasteiger partial charge in [0, 0.05) is 22.3 Å². The van der Waals surface area contributed by atoms with Gasteiger partial charge in [0.2, 0.25) is 0 Å². The Kier molecular flexibility index (Phi) is 10.9. The van der Waals surface area contributed by atoms with Crippen molar-refractivity contribution in [2.24, 2.45) is 5.10 Å². The SMILES string of the molecule is COc1ccc(N(CC(=O)N/N=C\c2ccc(OCC(=O)Nc3cccc(Cl)c3)cc2)S(=O)(=O)c2ccc(C)c([N+](=O)[O-])c2)cc1. The Balaban J connectivity index is 1.41. The van der Waals surface area contributed by atoms with E-state index in [1.165, 1.54) is 56.6 Å². The van der Waals surface area contributed by atoms with E-state index in [4.69, 9.17) is 21.1 Å². The van der Waals surface area contributed by atoms with Crippen LogP contribution in [0, 0.1) is 17.0 Å². The first-order valence-electron chi connectivity index (χ1n) is 13.5. The summed E-state index contributed by atoms with van der Waals surface area (Å²) >= 11 is 5.92. The number of hydrogen-bond donors (Lipinski definition) is 2. The average Bonchev–Trinajstić information content (AvgIpc) is 3.03. The summed E-state index contributed by atoms with van der Waals surface area (Å²) < 4.78 is 38.7. The smallest absolute Gasteiger partial charge is 0.273 e. The first kappa shape index (κ1) is 33.4. The van der Waals surface area contributed by atoms with E-state index < -0.39 is 27.4 Å². The van der Waals surface area contributed by atoms with Crippen molar-refractivity contribution in [1.82, 2.24) is 5.43 Å². The lowest BCUT2D eigenvalue weighted by Crippen LogP contribution is -2.39. The van der Waals surface area contributed by atoms with E-state index >= 15 is 0 Å². The van der Waals surface area contributed by atoms with Crippen LogP contribution in [-0.4, -0.2) is 51.6 Å². The molecule has 0 bridgehead atoms. The Labute approximate surface area is 269 Å². The Morgan fingerprint density at radius 3 is 2.33 bits per heavy atom. The molecule has 2 N–H and O–H groups in total. The molecule has 0 radical (unpaired) electrons. The molecule has 0 saturated heterocycles. The lowest BCUT2D eigenvalue weighted by molar-refractivity contribution is -0.385. The number of anilines is 2. The van der Waals surface area contributed by atoms with Gasteiger partial charge in [-0.15, -0.1) is 0 Å². The first-order valence-corrected chi connectivity index (χ1v) is 15.3. The number of carbonyl (C=O) groups excluding carboxylic acids is 2. The Hall–Kier alpha value is -5.47. The van der Waals surface area contributed by atoms with Gasteiger partial charge in [0.15, 0.2) is 6.61 Å². The quantitative estimate of drug-likeness (QED) is 0.115. The van der Waals surface area contributed by atoms with Crippen molar-refractivity contribution >= 4 is 56.7 Å². The molecule has 0 aliphatic carbocycles. The highest BCUT2D eigenvalue weighted by Gasteiger charge is 2.29. The van der Waals surface area contributed by atoms with Gasteiger partial charge in [-0.2, -0.15) is 5.10 Å². The van der Waals surface area contributed by atoms with Crippen molar-refractivity contribution in [3.8, 4) is 11.5 Å². The monoisotopic (exact) mass is 665 g/mol. The highest BCUT2D eigenvalue weighted by molar-refractivity contribution is 7.92. The average molecular weight is 666 g/mol. The normalized spacial score (nSPS) is 11.1. The molecule has 238 valence electrons. The van der Waals surface area contributed by atoms with Crippen LogP contribution in [0.2, 0.25) is 5.02 Å². The van der Waals surface area contributed by atoms with Gasteiger partial charge in [-0.05, 0) is 85.3 Å². The van der Waals surface area contributed by atoms with Gasteiger partial charge >= 0.3 is 0 Å². The van der Waals surface area contributed by atoms with E-state index in [0.717, 1.165) is 10.4 Å². The molecule has 0 spiro atoms. The number of benzene rings is 4. The molecule has 0 heterocycles. The van der Waals surface area contributed by atoms with Crippen molar-refractivity contribution in [1.29, 1.82) is 0 Å². The number of ether oxygens (including phenoxy) is 2. The third-order valence-corrected chi connectivity index (χ3v) is 8.38. The second kappa shape index (κ2) is 15.0. The minimum absolute atomic E-state index is 0.125. The fourth-order valence-electron chi connectivity index (χ4n) is 4.04. The molecule has 13 nitrogen and oxygen atoms in total. The summed E-state index contributed by atoms with van der Waals surface area (Å²) in [5.41, 5.74) is 3.44. The first-order chi connectivity index (χ1) is 22.0. The highest BCUT2D eigenvalue weighted by Crippen LogP contribution is 2.29. The number of nitro benzene ring substituents is 1. The van der Waals surface area contributed by atoms with Crippen LogP contribution >= 0.6 is 11.6 Å². The molecular weight excluding hydrogens is 638 g/mol. The van der Waals surface area contributed by atoms with Crippen LogP contribution in [0.5, 0.6) is 11.5 Å². The molecule has 0 fully saturated rings. The maximum absolute atomic E-state index is 13.6. The van der Waals surface area contributed by atoms with Crippen molar-refractivity contribution in [2.75, 3.05) is 29.9 Å². The fraction of sp³-hybridized carbons (Fsp3) is 0.129. The zero-order chi connectivity index (χ0) is 33.3. The predicted molar refractivity (Wildman–Crippen MR) is 173 cm³/mol. The van der Waals surface area contributed by atoms with Gasteiger partial charge in [-0.3, -0.25) is 24.0 Å². The molecule has 46 heavy (non-hydrogen) atoms. The van der Waals surface area contributed by atoms with E-state index in [9.17, 15) is 28.1 Å². The summed E-state index contributed by atoms with van der Waals surface area (Å²) in [4.78, 5) is 35.4. The fourth-order valence-corrected chi connectivity index (χ4v) is 5.68. The van der Waals surface area contributed by atoms with Crippen molar-refractivity contribution < 1.29 is 32.4 Å². The molecule has 0 atom stereocenters. The maximum atomic E-state index is 13.6. The van der Waals surface area contributed by atoms with Crippen LogP contribution in [0.15, 0.2) is 101 Å². The molecule has 0 aliphatic heterocycles. The van der Waals surface area contributed by atoms with Crippen LogP contribution in [0.4, 0.5) is 17.1 Å². The number of nitrogens with zero attached hydrogens (tertiary/aromatic N) is 3. The minimum Gasteiger partial charge on any atom is -0.497 e. The number of sulfonamides is 1. The molecule has 2 amide bonds. The van der Waals surface area contributed by atoms with E-state index in [0.29, 0.717) is 27.8 Å². The number of nitrogens with one attached hydrogen (secondary N) is 2. The van der Waals surface area contributed by atoms with Crippen LogP contribution in [-0.2, 0) is 19.6 Å². The van der Waals surface area contributed by atoms with Crippen LogP contribution in [0.1, 0.15) is 11.1 Å². The van der Waals surface area contributed by atoms with Crippen molar-refractivity contribution in [2.45, 2.75) is 11.8 Å². The van der Waals surface area contributed by atoms with Crippen LogP contribution in [0.25, 0.3) is 0 Å². The lowest BCUT2D eigenvalue weighted by atomic mass is 10.2. The number of carbonyl (C=O) groups is 2. The van der Waals surface area contributed by atoms with Gasteiger partial charge in [-0.1, -0.05) is 23.7 Å². The molecule has 0 saturated carbocycles. The number of methoxy groups -OCH3 is 1. The second-order valence-electron chi connectivity index (χ2n) is 9.62. The van der Waals surface area contributed by atoms with Gasteiger partial charge in [-0.25, -0.2) is 13.8 Å². The van der Waals surface area contributed by atoms with E-state index in [-0.39, 0.29) is 34.3 Å². The third kappa shape index (κ3) is 8.80. The number of nitro groups is 1. The Morgan fingerprint density at radius 1 is 0.978 bits per heavy atom. The van der Waals surface area contributed by atoms with Crippen LogP contribution < -0.4 is 24.5 Å². The summed E-state index contributed by atoms with van der Waals surface area (Å²) in [6.45, 7) is 0.571. The highest BCUT2D eigenvalue weighted by atomic mass is 35.5. The minimum atomic E-state index is -4.43. The third-order valence-electron chi connectivity index (χ3n) is 6.37. The number of hydrazone groups is 1. The maximum Gasteiger partial charge on any atom is 0.273 e. The lowest BCUT2D eigenvalue weighted by Gasteiger charge is -2.24. The van der Waals surface area contributed by atoms with Gasteiger partial charge in [0.1, 0.15) is 18.0 Å². The van der Waals surface area contributed by atoms with E-state index in [1.54, 1.807) is 48.5 Å². The Morgan fingerprint density at radius 2 is 1.67 bits per heavy atom. The van der Waals surface area contributed by atoms with Gasteiger partial charge in [0.25, 0.3) is 27.5 Å². The molecule has 0 unspecified atom stereocenters. The Bertz CT molecular complexity index is 1870. The van der Waals surface area contributed by atoms with E-state index in [1.807, 2.05) is 0 Å². The largest absolute Gasteiger partial charge is 0.497 e. The zero-order valence-corrected chi connectivity index (χ0v) is 26.1. The topological polar surface area (TPSA) is 170 Å². The number of hydrogen-bond acceptors (Lipinski definition) is 9. The molecule has 0 aromatic heterocycles. The summed E-state index contributed by atoms with van der Waals surface area (Å²) in [7, 11) is -2.98. The zero-order valence-electron chi connectivity index (χ0n) is 24.5. The molecule has 15 heteroatoms. The number of rotatable bonds is 13. The summed E-state index contributed by atoms with van der Waals surface area (Å²) in [6, 6.07) is 22.6. The summed E-state index contributed by atoms with van der Waals surface area (Å²) in [5.74, 6) is -0.276. The predicted octanol–water partition coefficient (Wildman–Crippen LogP) is 4.93. The molecule has 4 aromatic rings. The van der Waals surface area contributed by atoms with Crippen LogP contribution in [0.3, 0.4) is 0 Å². The van der Waals surface area contributed by atoms with Gasteiger partial charge < -0.3 is 14.8 Å². The van der Waals surface area contributed by atoms with E-state index in [2.05, 4.69) is 15.8 Å². The number of aryl methyl sites for hydroxylation is 1. The van der Waals surface area contributed by atoms with Gasteiger partial charge in [0.05, 0.1) is 28.8 Å². The number of amides is 2. The summed E-state index contributed by atoms with van der Waals surface area (Å²) in [6.07, 6.45) is 1.34. The molecule has 4 rings (SSSR count). The molecule has 0 aliphatic rings. The van der Waals surface area contributed by atoms with Crippen molar-refractivity contribution in [3.05, 3.63) is 117 Å². The van der Waals surface area contributed by atoms with Crippen molar-refractivity contribution in [3.63, 3.8) is 0 Å². The molecular formula is C31H28ClN5O8S.